The molecular weight excluding hydrogens is 303 g/mol. The summed E-state index contributed by atoms with van der Waals surface area (Å²) >= 11 is 0. The van der Waals surface area contributed by atoms with Crippen molar-refractivity contribution in [3.8, 4) is 5.69 Å². The minimum atomic E-state index is -0.468. The molecule has 3 rings (SSSR count). The van der Waals surface area contributed by atoms with Gasteiger partial charge < -0.3 is 10.1 Å². The van der Waals surface area contributed by atoms with Crippen LogP contribution in [0.2, 0.25) is 0 Å². The van der Waals surface area contributed by atoms with Crippen molar-refractivity contribution < 1.29 is 18.7 Å². The van der Waals surface area contributed by atoms with Crippen LogP contribution in [0.25, 0.3) is 5.69 Å². The first-order chi connectivity index (χ1) is 11.1. The average Bonchev–Trinajstić information content (AvgIpc) is 3.16. The molecule has 1 N–H and O–H groups in total. The van der Waals surface area contributed by atoms with Crippen LogP contribution in [0, 0.1) is 5.82 Å². The van der Waals surface area contributed by atoms with Gasteiger partial charge in [0.15, 0.2) is 0 Å². The van der Waals surface area contributed by atoms with Gasteiger partial charge in [0.25, 0.3) is 0 Å². The van der Waals surface area contributed by atoms with Crippen LogP contribution in [0.4, 0.5) is 9.18 Å². The average molecular weight is 318 g/mol. The highest BCUT2D eigenvalue weighted by atomic mass is 19.1. The molecule has 0 radical (unpaired) electrons. The second-order valence-corrected chi connectivity index (χ2v) is 5.08. The number of hydrogen-bond donors (Lipinski definition) is 1. The van der Waals surface area contributed by atoms with Crippen LogP contribution >= 0.6 is 0 Å². The molecule has 120 valence electrons. The maximum atomic E-state index is 12.9. The highest BCUT2D eigenvalue weighted by Gasteiger charge is 2.23. The van der Waals surface area contributed by atoms with Crippen molar-refractivity contribution in [3.63, 3.8) is 0 Å². The third-order valence-corrected chi connectivity index (χ3v) is 3.40. The molecule has 1 aliphatic heterocycles. The lowest BCUT2D eigenvalue weighted by Crippen LogP contribution is -2.37. The number of nitrogens with one attached hydrogen (secondary N) is 1. The summed E-state index contributed by atoms with van der Waals surface area (Å²) in [6.45, 7) is 1.01. The Kier molecular flexibility index (Phi) is 4.22. The number of rotatable bonds is 5. The number of cyclic esters (lactones) is 1. The van der Waals surface area contributed by atoms with Gasteiger partial charge in [0.05, 0.1) is 18.4 Å². The van der Waals surface area contributed by atoms with Crippen molar-refractivity contribution in [1.29, 1.82) is 0 Å². The minimum absolute atomic E-state index is 0.0229. The van der Waals surface area contributed by atoms with Gasteiger partial charge in [-0.1, -0.05) is 0 Å². The molecule has 0 bridgehead atoms. The van der Waals surface area contributed by atoms with Crippen molar-refractivity contribution >= 4 is 12.0 Å². The maximum absolute atomic E-state index is 12.9. The van der Waals surface area contributed by atoms with Gasteiger partial charge in [-0.15, -0.1) is 0 Å². The zero-order valence-corrected chi connectivity index (χ0v) is 12.2. The quantitative estimate of drug-likeness (QED) is 0.895. The smallest absolute Gasteiger partial charge is 0.410 e. The molecule has 8 heteroatoms. The fourth-order valence-electron chi connectivity index (χ4n) is 2.19. The lowest BCUT2D eigenvalue weighted by atomic mass is 10.3. The fraction of sp³-hybridized carbons (Fsp3) is 0.267. The molecule has 2 heterocycles. The van der Waals surface area contributed by atoms with Gasteiger partial charge in [-0.05, 0) is 24.3 Å². The normalized spacial score (nSPS) is 14.0. The summed E-state index contributed by atoms with van der Waals surface area (Å²) in [6, 6.07) is 5.94. The lowest BCUT2D eigenvalue weighted by molar-refractivity contribution is -0.121. The zero-order chi connectivity index (χ0) is 16.2. The summed E-state index contributed by atoms with van der Waals surface area (Å²) in [5.74, 6) is -0.577. The Labute approximate surface area is 131 Å². The Balaban J connectivity index is 1.53. The molecule has 0 atom stereocenters. The SMILES string of the molecule is O=C(CN1CCOC1=O)NCc1cnn(-c2ccc(F)cc2)c1. The number of nitrogens with zero attached hydrogens (tertiary/aromatic N) is 3. The molecule has 1 aliphatic rings. The van der Waals surface area contributed by atoms with E-state index in [-0.39, 0.29) is 18.3 Å². The van der Waals surface area contributed by atoms with E-state index in [4.69, 9.17) is 4.74 Å². The molecule has 0 aliphatic carbocycles. The van der Waals surface area contributed by atoms with E-state index in [0.717, 1.165) is 11.3 Å². The second kappa shape index (κ2) is 6.47. The van der Waals surface area contributed by atoms with Gasteiger partial charge in [0.1, 0.15) is 19.0 Å². The largest absolute Gasteiger partial charge is 0.448 e. The van der Waals surface area contributed by atoms with E-state index >= 15 is 0 Å². The molecule has 2 aromatic rings. The van der Waals surface area contributed by atoms with Crippen LogP contribution in [-0.2, 0) is 16.1 Å². The van der Waals surface area contributed by atoms with E-state index in [9.17, 15) is 14.0 Å². The molecule has 1 saturated heterocycles. The molecule has 0 spiro atoms. The summed E-state index contributed by atoms with van der Waals surface area (Å²) in [5, 5.41) is 6.89. The topological polar surface area (TPSA) is 76.5 Å². The molecule has 0 unspecified atom stereocenters. The number of carbonyl (C=O) groups is 2. The molecule has 0 saturated carbocycles. The Morgan fingerprint density at radius 3 is 2.83 bits per heavy atom. The molecule has 1 fully saturated rings. The van der Waals surface area contributed by atoms with E-state index in [1.807, 2.05) is 0 Å². The first-order valence-corrected chi connectivity index (χ1v) is 7.10. The predicted molar refractivity (Wildman–Crippen MR) is 78.3 cm³/mol. The number of benzene rings is 1. The van der Waals surface area contributed by atoms with Gasteiger partial charge in [0, 0.05) is 18.3 Å². The van der Waals surface area contributed by atoms with Gasteiger partial charge in [0.2, 0.25) is 5.91 Å². The van der Waals surface area contributed by atoms with Crippen molar-refractivity contribution in [2.45, 2.75) is 6.54 Å². The standard InChI is InChI=1S/C15H15FN4O3/c16-12-1-3-13(4-2-12)20-9-11(8-18-20)7-17-14(21)10-19-5-6-23-15(19)22/h1-4,8-9H,5-7,10H2,(H,17,21). The van der Waals surface area contributed by atoms with Crippen LogP contribution in [0.15, 0.2) is 36.7 Å². The molecule has 2 amide bonds. The molecule has 1 aromatic carbocycles. The minimum Gasteiger partial charge on any atom is -0.448 e. The fourth-order valence-corrected chi connectivity index (χ4v) is 2.19. The number of halogens is 1. The van der Waals surface area contributed by atoms with E-state index < -0.39 is 6.09 Å². The van der Waals surface area contributed by atoms with Gasteiger partial charge in [-0.2, -0.15) is 5.10 Å². The molecular formula is C15H15FN4O3. The summed E-state index contributed by atoms with van der Waals surface area (Å²) in [4.78, 5) is 24.4. The zero-order valence-electron chi connectivity index (χ0n) is 12.2. The first kappa shape index (κ1) is 15.0. The lowest BCUT2D eigenvalue weighted by Gasteiger charge is -2.11. The summed E-state index contributed by atoms with van der Waals surface area (Å²) in [7, 11) is 0. The number of aromatic nitrogens is 2. The van der Waals surface area contributed by atoms with Crippen molar-refractivity contribution in [1.82, 2.24) is 20.0 Å². The Bertz CT molecular complexity index is 714. The van der Waals surface area contributed by atoms with Gasteiger partial charge in [-0.25, -0.2) is 13.9 Å². The summed E-state index contributed by atoms with van der Waals surface area (Å²) < 4.78 is 19.3. The number of ether oxygens (including phenoxy) is 1. The van der Waals surface area contributed by atoms with Crippen LogP contribution < -0.4 is 5.32 Å². The van der Waals surface area contributed by atoms with Gasteiger partial charge in [-0.3, -0.25) is 9.69 Å². The van der Waals surface area contributed by atoms with Crippen LogP contribution in [0.1, 0.15) is 5.56 Å². The van der Waals surface area contributed by atoms with Crippen LogP contribution in [0.5, 0.6) is 0 Å². The third kappa shape index (κ3) is 3.65. The number of hydrogen-bond acceptors (Lipinski definition) is 4. The van der Waals surface area contributed by atoms with E-state index in [0.29, 0.717) is 19.7 Å². The van der Waals surface area contributed by atoms with Crippen LogP contribution in [0.3, 0.4) is 0 Å². The number of carbonyl (C=O) groups excluding carboxylic acids is 2. The summed E-state index contributed by atoms with van der Waals surface area (Å²) in [5.41, 5.74) is 1.52. The Morgan fingerprint density at radius 1 is 1.35 bits per heavy atom. The van der Waals surface area contributed by atoms with Crippen molar-refractivity contribution in [2.24, 2.45) is 0 Å². The number of amides is 2. The van der Waals surface area contributed by atoms with Crippen LogP contribution in [-0.4, -0.2) is 46.4 Å². The Hall–Kier alpha value is -2.90. The molecule has 7 nitrogen and oxygen atoms in total. The monoisotopic (exact) mass is 318 g/mol. The first-order valence-electron chi connectivity index (χ1n) is 7.10. The second-order valence-electron chi connectivity index (χ2n) is 5.08. The third-order valence-electron chi connectivity index (χ3n) is 3.40. The highest BCUT2D eigenvalue weighted by molar-refractivity contribution is 5.82. The van der Waals surface area contributed by atoms with Crippen molar-refractivity contribution in [2.75, 3.05) is 19.7 Å². The predicted octanol–water partition coefficient (Wildman–Crippen LogP) is 1.08. The Morgan fingerprint density at radius 2 is 2.13 bits per heavy atom. The highest BCUT2D eigenvalue weighted by Crippen LogP contribution is 2.09. The maximum Gasteiger partial charge on any atom is 0.410 e. The molecule has 23 heavy (non-hydrogen) atoms. The molecule has 1 aromatic heterocycles. The van der Waals surface area contributed by atoms with E-state index in [1.165, 1.54) is 17.0 Å². The van der Waals surface area contributed by atoms with E-state index in [2.05, 4.69) is 10.4 Å². The summed E-state index contributed by atoms with van der Waals surface area (Å²) in [6.07, 6.45) is 2.90. The van der Waals surface area contributed by atoms with E-state index in [1.54, 1.807) is 29.2 Å². The van der Waals surface area contributed by atoms with Gasteiger partial charge >= 0.3 is 6.09 Å². The van der Waals surface area contributed by atoms with Crippen molar-refractivity contribution in [3.05, 3.63) is 48.0 Å².